The molecule has 0 aliphatic carbocycles. The Hall–Kier alpha value is -1.51. The van der Waals surface area contributed by atoms with Crippen molar-refractivity contribution in [3.63, 3.8) is 0 Å². The highest BCUT2D eigenvalue weighted by Crippen LogP contribution is 2.25. The molecule has 1 aliphatic heterocycles. The van der Waals surface area contributed by atoms with Crippen molar-refractivity contribution in [3.8, 4) is 0 Å². The predicted molar refractivity (Wildman–Crippen MR) is 119 cm³/mol. The minimum Gasteiger partial charge on any atom is -0.441 e. The lowest BCUT2D eigenvalue weighted by Crippen LogP contribution is -2.34. The summed E-state index contributed by atoms with van der Waals surface area (Å²) in [6.07, 6.45) is 20.8. The van der Waals surface area contributed by atoms with Gasteiger partial charge in [0.1, 0.15) is 0 Å². The van der Waals surface area contributed by atoms with Gasteiger partial charge in [-0.15, -0.1) is 0 Å². The Balaban J connectivity index is 1.40. The second-order valence-corrected chi connectivity index (χ2v) is 8.29. The van der Waals surface area contributed by atoms with E-state index in [2.05, 4.69) is 11.8 Å². The zero-order valence-corrected chi connectivity index (χ0v) is 18.1. The second kappa shape index (κ2) is 14.5. The zero-order chi connectivity index (χ0) is 19.9. The fraction of sp³-hybridized carbons (Fsp3) is 0.720. The van der Waals surface area contributed by atoms with E-state index in [1.807, 2.05) is 24.3 Å². The van der Waals surface area contributed by atoms with Gasteiger partial charge in [0.25, 0.3) is 0 Å². The zero-order valence-electron chi connectivity index (χ0n) is 18.1. The van der Waals surface area contributed by atoms with Crippen LogP contribution >= 0.6 is 0 Å². The van der Waals surface area contributed by atoms with Crippen molar-refractivity contribution in [3.05, 3.63) is 29.8 Å². The number of carbonyl (C=O) groups is 1. The van der Waals surface area contributed by atoms with Crippen molar-refractivity contribution in [2.45, 2.75) is 103 Å². The average Bonchev–Trinajstić information content (AvgIpc) is 2.72. The number of rotatable bonds is 16. The van der Waals surface area contributed by atoms with Crippen molar-refractivity contribution >= 4 is 11.7 Å². The Morgan fingerprint density at radius 2 is 1.25 bits per heavy atom. The summed E-state index contributed by atoms with van der Waals surface area (Å²) in [6.45, 7) is 3.66. The first kappa shape index (κ1) is 22.8. The van der Waals surface area contributed by atoms with E-state index in [1.165, 1.54) is 96.3 Å². The largest absolute Gasteiger partial charge is 0.441 e. The standard InChI is InChI=1S/C25H41NO2/c1-2-3-4-5-6-7-8-9-10-11-12-13-14-15-18-21-26-22-28-25(27)23-19-16-17-20-24(23)26/h16-17,19-20H,2-15,18,21-22H2,1H3. The molecule has 1 heterocycles. The van der Waals surface area contributed by atoms with Crippen molar-refractivity contribution < 1.29 is 9.53 Å². The molecule has 0 saturated carbocycles. The normalized spacial score (nSPS) is 13.5. The smallest absolute Gasteiger partial charge is 0.341 e. The van der Waals surface area contributed by atoms with Gasteiger partial charge in [0.2, 0.25) is 0 Å². The average molecular weight is 388 g/mol. The summed E-state index contributed by atoms with van der Waals surface area (Å²) in [6, 6.07) is 7.78. The lowest BCUT2D eigenvalue weighted by atomic mass is 10.0. The van der Waals surface area contributed by atoms with Gasteiger partial charge in [-0.2, -0.15) is 0 Å². The predicted octanol–water partition coefficient (Wildman–Crippen LogP) is 7.49. The second-order valence-electron chi connectivity index (χ2n) is 8.29. The molecule has 0 bridgehead atoms. The summed E-state index contributed by atoms with van der Waals surface area (Å²) >= 11 is 0. The highest BCUT2D eigenvalue weighted by Gasteiger charge is 2.23. The van der Waals surface area contributed by atoms with E-state index in [0.29, 0.717) is 12.3 Å². The van der Waals surface area contributed by atoms with Crippen LogP contribution in [0.5, 0.6) is 0 Å². The van der Waals surface area contributed by atoms with Crippen LogP contribution in [0.4, 0.5) is 5.69 Å². The van der Waals surface area contributed by atoms with Crippen LogP contribution in [0.15, 0.2) is 24.3 Å². The number of nitrogens with zero attached hydrogens (tertiary/aromatic N) is 1. The molecule has 3 heteroatoms. The Morgan fingerprint density at radius 3 is 1.82 bits per heavy atom. The third-order valence-electron chi connectivity index (χ3n) is 5.85. The van der Waals surface area contributed by atoms with Crippen molar-refractivity contribution in [1.29, 1.82) is 0 Å². The Labute approximate surface area is 172 Å². The van der Waals surface area contributed by atoms with Crippen molar-refractivity contribution in [2.24, 2.45) is 0 Å². The van der Waals surface area contributed by atoms with E-state index in [-0.39, 0.29) is 5.97 Å². The summed E-state index contributed by atoms with van der Waals surface area (Å²) in [7, 11) is 0. The van der Waals surface area contributed by atoms with Gasteiger partial charge >= 0.3 is 5.97 Å². The van der Waals surface area contributed by atoms with E-state index < -0.39 is 0 Å². The number of carbonyl (C=O) groups excluding carboxylic acids is 1. The monoisotopic (exact) mass is 387 g/mol. The number of fused-ring (bicyclic) bond motifs is 1. The van der Waals surface area contributed by atoms with E-state index in [0.717, 1.165) is 12.2 Å². The fourth-order valence-electron chi connectivity index (χ4n) is 4.06. The summed E-state index contributed by atoms with van der Waals surface area (Å²) in [4.78, 5) is 14.0. The molecule has 3 nitrogen and oxygen atoms in total. The van der Waals surface area contributed by atoms with Crippen LogP contribution < -0.4 is 4.90 Å². The third kappa shape index (κ3) is 8.67. The minimum absolute atomic E-state index is 0.191. The van der Waals surface area contributed by atoms with Gasteiger partial charge in [-0.25, -0.2) is 4.79 Å². The summed E-state index contributed by atoms with van der Waals surface area (Å²) in [5.74, 6) is -0.191. The van der Waals surface area contributed by atoms with Crippen LogP contribution in [-0.2, 0) is 4.74 Å². The van der Waals surface area contributed by atoms with Gasteiger partial charge in [0.05, 0.1) is 11.3 Å². The Bertz CT molecular complexity index is 543. The molecule has 0 N–H and O–H groups in total. The number of para-hydroxylation sites is 1. The SMILES string of the molecule is CCCCCCCCCCCCCCCCCN1COC(=O)c2ccccc21. The highest BCUT2D eigenvalue weighted by atomic mass is 16.5. The number of anilines is 1. The molecule has 158 valence electrons. The van der Waals surface area contributed by atoms with Gasteiger partial charge in [-0.3, -0.25) is 0 Å². The maximum Gasteiger partial charge on any atom is 0.341 e. The van der Waals surface area contributed by atoms with Crippen molar-refractivity contribution in [2.75, 3.05) is 18.2 Å². The first-order valence-corrected chi connectivity index (χ1v) is 11.8. The number of benzene rings is 1. The first-order chi connectivity index (χ1) is 13.8. The fourth-order valence-corrected chi connectivity index (χ4v) is 4.06. The molecule has 1 aromatic carbocycles. The highest BCUT2D eigenvalue weighted by molar-refractivity contribution is 5.97. The molecule has 0 unspecified atom stereocenters. The lowest BCUT2D eigenvalue weighted by Gasteiger charge is -2.30. The summed E-state index contributed by atoms with van der Waals surface area (Å²) in [5.41, 5.74) is 1.74. The molecule has 2 rings (SSSR count). The molecule has 0 amide bonds. The van der Waals surface area contributed by atoms with Crippen LogP contribution in [0.25, 0.3) is 0 Å². The molecule has 1 aliphatic rings. The van der Waals surface area contributed by atoms with Crippen LogP contribution in [0.3, 0.4) is 0 Å². The van der Waals surface area contributed by atoms with Gasteiger partial charge in [0, 0.05) is 6.54 Å². The third-order valence-corrected chi connectivity index (χ3v) is 5.85. The van der Waals surface area contributed by atoms with Crippen LogP contribution in [0, 0.1) is 0 Å². The quantitative estimate of drug-likeness (QED) is 0.217. The minimum atomic E-state index is -0.191. The number of esters is 1. The summed E-state index contributed by atoms with van der Waals surface area (Å²) in [5, 5.41) is 0. The van der Waals surface area contributed by atoms with E-state index >= 15 is 0 Å². The maximum atomic E-state index is 11.8. The van der Waals surface area contributed by atoms with Gasteiger partial charge < -0.3 is 9.64 Å². The molecule has 0 atom stereocenters. The van der Waals surface area contributed by atoms with Gasteiger partial charge in [-0.1, -0.05) is 109 Å². The number of hydrogen-bond donors (Lipinski definition) is 0. The number of hydrogen-bond acceptors (Lipinski definition) is 3. The molecule has 0 spiro atoms. The topological polar surface area (TPSA) is 29.5 Å². The first-order valence-electron chi connectivity index (χ1n) is 11.8. The molecule has 0 fully saturated rings. The molecule has 0 aromatic heterocycles. The molecular formula is C25H41NO2. The van der Waals surface area contributed by atoms with E-state index in [4.69, 9.17) is 4.74 Å². The maximum absolute atomic E-state index is 11.8. The molecule has 1 aromatic rings. The molecule has 0 saturated heterocycles. The number of cyclic esters (lactones) is 1. The van der Waals surface area contributed by atoms with E-state index in [1.54, 1.807) is 0 Å². The lowest BCUT2D eigenvalue weighted by molar-refractivity contribution is 0.0480. The van der Waals surface area contributed by atoms with E-state index in [9.17, 15) is 4.79 Å². The van der Waals surface area contributed by atoms with Crippen molar-refractivity contribution in [1.82, 2.24) is 0 Å². The molecule has 0 radical (unpaired) electrons. The van der Waals surface area contributed by atoms with Crippen LogP contribution in [0.2, 0.25) is 0 Å². The summed E-state index contributed by atoms with van der Waals surface area (Å²) < 4.78 is 5.28. The molecule has 28 heavy (non-hydrogen) atoms. The number of unbranched alkanes of at least 4 members (excludes halogenated alkanes) is 14. The van der Waals surface area contributed by atoms with Crippen LogP contribution in [0.1, 0.15) is 114 Å². The Kier molecular flexibility index (Phi) is 11.8. The number of ether oxygens (including phenoxy) is 1. The Morgan fingerprint density at radius 1 is 0.750 bits per heavy atom. The molecular weight excluding hydrogens is 346 g/mol. The van der Waals surface area contributed by atoms with Gasteiger partial charge in [0.15, 0.2) is 6.73 Å². The van der Waals surface area contributed by atoms with Crippen LogP contribution in [-0.4, -0.2) is 19.2 Å². The van der Waals surface area contributed by atoms with Gasteiger partial charge in [-0.05, 0) is 18.6 Å².